The highest BCUT2D eigenvalue weighted by Gasteiger charge is 2.27. The van der Waals surface area contributed by atoms with E-state index in [2.05, 4.69) is 65.4 Å². The molecule has 0 radical (unpaired) electrons. The molecule has 1 aliphatic rings. The van der Waals surface area contributed by atoms with Crippen molar-refractivity contribution >= 4 is 32.7 Å². The maximum absolute atomic E-state index is 4.92. The standard InChI is InChI=1S/C22H24BrN3/c1-14-6-5-9-19(15(14)2)24-22-18-7-3-4-8-20(18)25-21(26-22)16-10-12-17(23)13-11-16/h3-4,7-8,10-15,19H,5-6,9H2,1-2H3,(H,24,25,26)/t14-,15+,19+/m1/s1. The quantitative estimate of drug-likeness (QED) is 0.551. The molecule has 3 atom stereocenters. The zero-order chi connectivity index (χ0) is 18.1. The van der Waals surface area contributed by atoms with Gasteiger partial charge in [0.2, 0.25) is 0 Å². The van der Waals surface area contributed by atoms with Gasteiger partial charge in [-0.3, -0.25) is 0 Å². The van der Waals surface area contributed by atoms with Crippen LogP contribution >= 0.6 is 15.9 Å². The molecule has 134 valence electrons. The number of fused-ring (bicyclic) bond motifs is 1. The van der Waals surface area contributed by atoms with Gasteiger partial charge >= 0.3 is 0 Å². The average Bonchev–Trinajstić information content (AvgIpc) is 2.66. The summed E-state index contributed by atoms with van der Waals surface area (Å²) >= 11 is 3.50. The molecule has 1 saturated carbocycles. The zero-order valence-corrected chi connectivity index (χ0v) is 16.8. The van der Waals surface area contributed by atoms with Gasteiger partial charge in [-0.05, 0) is 42.5 Å². The van der Waals surface area contributed by atoms with Gasteiger partial charge < -0.3 is 5.32 Å². The number of para-hydroxylation sites is 1. The molecule has 1 aromatic heterocycles. The van der Waals surface area contributed by atoms with Crippen LogP contribution in [0.2, 0.25) is 0 Å². The molecule has 4 heteroatoms. The molecule has 0 bridgehead atoms. The van der Waals surface area contributed by atoms with Gasteiger partial charge in [0.15, 0.2) is 5.82 Å². The van der Waals surface area contributed by atoms with E-state index in [1.165, 1.54) is 19.3 Å². The van der Waals surface area contributed by atoms with Crippen molar-refractivity contribution in [2.24, 2.45) is 11.8 Å². The van der Waals surface area contributed by atoms with Crippen molar-refractivity contribution in [1.82, 2.24) is 9.97 Å². The normalized spacial score (nSPS) is 23.1. The average molecular weight is 410 g/mol. The predicted molar refractivity (Wildman–Crippen MR) is 112 cm³/mol. The SMILES string of the molecule is C[C@H]1[C@H](C)CCC[C@@H]1Nc1nc(-c2ccc(Br)cc2)nc2ccccc12. The number of anilines is 1. The molecule has 0 saturated heterocycles. The third-order valence-corrected chi connectivity index (χ3v) is 6.26. The summed E-state index contributed by atoms with van der Waals surface area (Å²) in [6.45, 7) is 4.73. The van der Waals surface area contributed by atoms with Gasteiger partial charge in [0.1, 0.15) is 5.82 Å². The fourth-order valence-corrected chi connectivity index (χ4v) is 4.14. The summed E-state index contributed by atoms with van der Waals surface area (Å²) in [5, 5.41) is 4.86. The highest BCUT2D eigenvalue weighted by atomic mass is 79.9. The largest absolute Gasteiger partial charge is 0.366 e. The Labute approximate surface area is 163 Å². The fourth-order valence-electron chi connectivity index (χ4n) is 3.88. The van der Waals surface area contributed by atoms with Crippen LogP contribution in [0.25, 0.3) is 22.3 Å². The minimum absolute atomic E-state index is 0.467. The summed E-state index contributed by atoms with van der Waals surface area (Å²) in [6, 6.07) is 16.9. The lowest BCUT2D eigenvalue weighted by Gasteiger charge is -2.35. The second kappa shape index (κ2) is 7.36. The first-order valence-corrected chi connectivity index (χ1v) is 10.2. The van der Waals surface area contributed by atoms with Crippen LogP contribution in [-0.4, -0.2) is 16.0 Å². The van der Waals surface area contributed by atoms with Crippen molar-refractivity contribution < 1.29 is 0 Å². The number of nitrogens with one attached hydrogen (secondary N) is 1. The molecule has 0 unspecified atom stereocenters. The lowest BCUT2D eigenvalue weighted by Crippen LogP contribution is -2.35. The molecule has 3 aromatic rings. The van der Waals surface area contributed by atoms with E-state index in [-0.39, 0.29) is 0 Å². The van der Waals surface area contributed by atoms with Crippen LogP contribution in [0.3, 0.4) is 0 Å². The van der Waals surface area contributed by atoms with Gasteiger partial charge in [-0.1, -0.05) is 66.9 Å². The number of hydrogen-bond donors (Lipinski definition) is 1. The van der Waals surface area contributed by atoms with E-state index < -0.39 is 0 Å². The monoisotopic (exact) mass is 409 g/mol. The maximum Gasteiger partial charge on any atom is 0.162 e. The summed E-state index contributed by atoms with van der Waals surface area (Å²) in [5.41, 5.74) is 2.02. The van der Waals surface area contributed by atoms with Crippen molar-refractivity contribution in [3.05, 3.63) is 53.0 Å². The summed E-state index contributed by atoms with van der Waals surface area (Å²) in [7, 11) is 0. The number of aromatic nitrogens is 2. The Morgan fingerprint density at radius 3 is 2.54 bits per heavy atom. The highest BCUT2D eigenvalue weighted by Crippen LogP contribution is 2.33. The van der Waals surface area contributed by atoms with E-state index in [0.717, 1.165) is 38.5 Å². The van der Waals surface area contributed by atoms with E-state index in [1.807, 2.05) is 18.2 Å². The Balaban J connectivity index is 1.76. The van der Waals surface area contributed by atoms with Crippen LogP contribution < -0.4 is 5.32 Å². The summed E-state index contributed by atoms with van der Waals surface area (Å²) in [4.78, 5) is 9.71. The molecule has 1 N–H and O–H groups in total. The maximum atomic E-state index is 4.92. The van der Waals surface area contributed by atoms with E-state index in [0.29, 0.717) is 12.0 Å². The summed E-state index contributed by atoms with van der Waals surface area (Å²) in [5.74, 6) is 3.13. The molecule has 1 fully saturated rings. The number of nitrogens with zero attached hydrogens (tertiary/aromatic N) is 2. The smallest absolute Gasteiger partial charge is 0.162 e. The summed E-state index contributed by atoms with van der Waals surface area (Å²) in [6.07, 6.45) is 3.82. The number of benzene rings is 2. The van der Waals surface area contributed by atoms with E-state index in [9.17, 15) is 0 Å². The van der Waals surface area contributed by atoms with Crippen LogP contribution in [0.5, 0.6) is 0 Å². The number of rotatable bonds is 3. The molecular formula is C22H24BrN3. The third kappa shape index (κ3) is 3.48. The Morgan fingerprint density at radius 1 is 0.962 bits per heavy atom. The predicted octanol–water partition coefficient (Wildman–Crippen LogP) is 6.30. The van der Waals surface area contributed by atoms with Crippen LogP contribution in [-0.2, 0) is 0 Å². The molecule has 1 heterocycles. The van der Waals surface area contributed by atoms with Gasteiger partial charge in [0.25, 0.3) is 0 Å². The zero-order valence-electron chi connectivity index (χ0n) is 15.2. The van der Waals surface area contributed by atoms with E-state index >= 15 is 0 Å². The highest BCUT2D eigenvalue weighted by molar-refractivity contribution is 9.10. The molecule has 0 aliphatic heterocycles. The van der Waals surface area contributed by atoms with E-state index in [4.69, 9.17) is 9.97 Å². The third-order valence-electron chi connectivity index (χ3n) is 5.73. The van der Waals surface area contributed by atoms with Crippen molar-refractivity contribution in [3.63, 3.8) is 0 Å². The Hall–Kier alpha value is -1.94. The molecule has 26 heavy (non-hydrogen) atoms. The number of halogens is 1. The number of hydrogen-bond acceptors (Lipinski definition) is 3. The van der Waals surface area contributed by atoms with E-state index in [1.54, 1.807) is 0 Å². The first-order valence-electron chi connectivity index (χ1n) is 9.41. The van der Waals surface area contributed by atoms with Crippen LogP contribution in [0.4, 0.5) is 5.82 Å². The topological polar surface area (TPSA) is 37.8 Å². The Bertz CT molecular complexity index is 907. The van der Waals surface area contributed by atoms with Gasteiger partial charge in [-0.2, -0.15) is 0 Å². The summed E-state index contributed by atoms with van der Waals surface area (Å²) < 4.78 is 1.06. The van der Waals surface area contributed by atoms with Gasteiger partial charge in [0, 0.05) is 21.5 Å². The molecule has 0 spiro atoms. The van der Waals surface area contributed by atoms with Crippen molar-refractivity contribution in [1.29, 1.82) is 0 Å². The molecular weight excluding hydrogens is 386 g/mol. The lowest BCUT2D eigenvalue weighted by atomic mass is 9.78. The van der Waals surface area contributed by atoms with Gasteiger partial charge in [-0.15, -0.1) is 0 Å². The lowest BCUT2D eigenvalue weighted by molar-refractivity contribution is 0.253. The fraction of sp³-hybridized carbons (Fsp3) is 0.364. The minimum Gasteiger partial charge on any atom is -0.366 e. The van der Waals surface area contributed by atoms with Crippen LogP contribution in [0, 0.1) is 11.8 Å². The van der Waals surface area contributed by atoms with Crippen molar-refractivity contribution in [2.75, 3.05) is 5.32 Å². The second-order valence-corrected chi connectivity index (χ2v) is 8.35. The van der Waals surface area contributed by atoms with Crippen molar-refractivity contribution in [2.45, 2.75) is 39.2 Å². The molecule has 4 rings (SSSR count). The first kappa shape index (κ1) is 17.5. The Morgan fingerprint density at radius 2 is 1.73 bits per heavy atom. The molecule has 0 amide bonds. The van der Waals surface area contributed by atoms with Crippen molar-refractivity contribution in [3.8, 4) is 11.4 Å². The Kier molecular flexibility index (Phi) is 4.94. The second-order valence-electron chi connectivity index (χ2n) is 7.44. The van der Waals surface area contributed by atoms with Gasteiger partial charge in [-0.25, -0.2) is 9.97 Å². The minimum atomic E-state index is 0.467. The van der Waals surface area contributed by atoms with Crippen LogP contribution in [0.1, 0.15) is 33.1 Å². The first-order chi connectivity index (χ1) is 12.6. The molecule has 2 aromatic carbocycles. The van der Waals surface area contributed by atoms with Gasteiger partial charge in [0.05, 0.1) is 5.52 Å². The molecule has 1 aliphatic carbocycles. The van der Waals surface area contributed by atoms with Crippen LogP contribution in [0.15, 0.2) is 53.0 Å². The molecule has 3 nitrogen and oxygen atoms in total.